The van der Waals surface area contributed by atoms with Crippen molar-refractivity contribution in [2.75, 3.05) is 21.3 Å². The zero-order valence-corrected chi connectivity index (χ0v) is 14.5. The third kappa shape index (κ3) is 4.21. The van der Waals surface area contributed by atoms with Crippen LogP contribution in [0.4, 0.5) is 4.39 Å². The normalized spacial score (nSPS) is 10.8. The molecule has 0 radical (unpaired) electrons. The molecule has 0 saturated carbocycles. The minimum absolute atomic E-state index is 0.269. The third-order valence-electron chi connectivity index (χ3n) is 3.34. The van der Waals surface area contributed by atoms with E-state index in [1.54, 1.807) is 13.2 Å². The Morgan fingerprint density at radius 1 is 0.955 bits per heavy atom. The lowest BCUT2D eigenvalue weighted by atomic mass is 10.1. The van der Waals surface area contributed by atoms with Crippen LogP contribution in [0.1, 0.15) is 11.1 Å². The maximum Gasteiger partial charge on any atom is 0.165 e. The highest BCUT2D eigenvalue weighted by Crippen LogP contribution is 2.26. The maximum absolute atomic E-state index is 13.7. The van der Waals surface area contributed by atoms with Gasteiger partial charge in [-0.1, -0.05) is 12.1 Å². The Labute approximate surface area is 138 Å². The van der Waals surface area contributed by atoms with Crippen molar-refractivity contribution in [1.82, 2.24) is 4.90 Å². The number of hydrogen-bond donors (Lipinski definition) is 0. The monoisotopic (exact) mass is 367 g/mol. The Morgan fingerprint density at radius 3 is 2.00 bits per heavy atom. The summed E-state index contributed by atoms with van der Waals surface area (Å²) < 4.78 is 24.8. The Hall–Kier alpha value is -1.59. The van der Waals surface area contributed by atoms with Crippen LogP contribution in [0.5, 0.6) is 11.5 Å². The van der Waals surface area contributed by atoms with Crippen LogP contribution in [0.3, 0.4) is 0 Å². The van der Waals surface area contributed by atoms with E-state index in [1.165, 1.54) is 13.2 Å². The predicted octanol–water partition coefficient (Wildman–Crippen LogP) is 4.24. The van der Waals surface area contributed by atoms with Crippen LogP contribution >= 0.6 is 15.9 Å². The van der Waals surface area contributed by atoms with Crippen LogP contribution in [-0.2, 0) is 13.1 Å². The molecule has 0 fully saturated rings. The summed E-state index contributed by atoms with van der Waals surface area (Å²) in [6, 6.07) is 11.0. The topological polar surface area (TPSA) is 21.7 Å². The largest absolute Gasteiger partial charge is 0.496 e. The fraction of sp³-hybridized carbons (Fsp3) is 0.294. The molecule has 22 heavy (non-hydrogen) atoms. The number of halogens is 2. The SMILES string of the molecule is COc1ccc(CN(C)Cc2ccc(OC)c(Br)c2)cc1F. The molecule has 0 aliphatic heterocycles. The second-order valence-corrected chi connectivity index (χ2v) is 5.96. The summed E-state index contributed by atoms with van der Waals surface area (Å²) in [7, 11) is 5.11. The van der Waals surface area contributed by atoms with Gasteiger partial charge >= 0.3 is 0 Å². The molecular formula is C17H19BrFNO2. The maximum atomic E-state index is 13.7. The summed E-state index contributed by atoms with van der Waals surface area (Å²) in [6.45, 7) is 1.42. The lowest BCUT2D eigenvalue weighted by molar-refractivity contribution is 0.317. The van der Waals surface area contributed by atoms with Crippen molar-refractivity contribution in [3.63, 3.8) is 0 Å². The second kappa shape index (κ2) is 7.61. The van der Waals surface area contributed by atoms with Crippen molar-refractivity contribution < 1.29 is 13.9 Å². The van der Waals surface area contributed by atoms with E-state index >= 15 is 0 Å². The first-order valence-corrected chi connectivity index (χ1v) is 7.66. The van der Waals surface area contributed by atoms with Crippen molar-refractivity contribution in [1.29, 1.82) is 0 Å². The first kappa shape index (κ1) is 16.8. The van der Waals surface area contributed by atoms with E-state index in [9.17, 15) is 4.39 Å². The zero-order valence-electron chi connectivity index (χ0n) is 12.9. The van der Waals surface area contributed by atoms with Gasteiger partial charge in [-0.05, 0) is 58.4 Å². The van der Waals surface area contributed by atoms with Gasteiger partial charge in [0.15, 0.2) is 11.6 Å². The lowest BCUT2D eigenvalue weighted by Gasteiger charge is -2.18. The smallest absolute Gasteiger partial charge is 0.165 e. The van der Waals surface area contributed by atoms with Gasteiger partial charge in [0.2, 0.25) is 0 Å². The Balaban J connectivity index is 2.02. The molecule has 0 unspecified atom stereocenters. The van der Waals surface area contributed by atoms with Crippen LogP contribution in [-0.4, -0.2) is 26.2 Å². The number of nitrogens with zero attached hydrogens (tertiary/aromatic N) is 1. The molecule has 0 aliphatic carbocycles. The van der Waals surface area contributed by atoms with Crippen LogP contribution in [0, 0.1) is 5.82 Å². The van der Waals surface area contributed by atoms with Crippen molar-refractivity contribution in [3.05, 3.63) is 57.8 Å². The second-order valence-electron chi connectivity index (χ2n) is 5.11. The van der Waals surface area contributed by atoms with Crippen LogP contribution in [0.15, 0.2) is 40.9 Å². The lowest BCUT2D eigenvalue weighted by Crippen LogP contribution is -2.17. The highest BCUT2D eigenvalue weighted by atomic mass is 79.9. The van der Waals surface area contributed by atoms with E-state index in [-0.39, 0.29) is 11.6 Å². The van der Waals surface area contributed by atoms with Gasteiger partial charge in [-0.3, -0.25) is 4.90 Å². The van der Waals surface area contributed by atoms with Gasteiger partial charge in [0.25, 0.3) is 0 Å². The van der Waals surface area contributed by atoms with E-state index in [0.717, 1.165) is 27.9 Å². The van der Waals surface area contributed by atoms with Crippen LogP contribution in [0.25, 0.3) is 0 Å². The molecule has 2 aromatic rings. The molecule has 0 saturated heterocycles. The van der Waals surface area contributed by atoms with Gasteiger partial charge in [-0.2, -0.15) is 0 Å². The minimum Gasteiger partial charge on any atom is -0.496 e. The van der Waals surface area contributed by atoms with Gasteiger partial charge < -0.3 is 9.47 Å². The molecule has 0 heterocycles. The highest BCUT2D eigenvalue weighted by Gasteiger charge is 2.08. The minimum atomic E-state index is -0.333. The zero-order chi connectivity index (χ0) is 16.1. The summed E-state index contributed by atoms with van der Waals surface area (Å²) in [5, 5.41) is 0. The van der Waals surface area contributed by atoms with Crippen molar-refractivity contribution in [2.24, 2.45) is 0 Å². The molecule has 0 atom stereocenters. The molecule has 3 nitrogen and oxygen atoms in total. The molecule has 0 aromatic heterocycles. The van der Waals surface area contributed by atoms with Crippen LogP contribution < -0.4 is 9.47 Å². The predicted molar refractivity (Wildman–Crippen MR) is 88.8 cm³/mol. The first-order chi connectivity index (χ1) is 10.5. The number of rotatable bonds is 6. The molecule has 2 rings (SSSR count). The van der Waals surface area contributed by atoms with Crippen molar-refractivity contribution >= 4 is 15.9 Å². The summed E-state index contributed by atoms with van der Waals surface area (Å²) >= 11 is 3.48. The molecule has 118 valence electrons. The van der Waals surface area contributed by atoms with Gasteiger partial charge in [0.1, 0.15) is 5.75 Å². The Morgan fingerprint density at radius 2 is 1.50 bits per heavy atom. The fourth-order valence-corrected chi connectivity index (χ4v) is 2.88. The molecule has 0 bridgehead atoms. The number of benzene rings is 2. The number of hydrogen-bond acceptors (Lipinski definition) is 3. The standard InChI is InChI=1S/C17H19BrFNO2/c1-20(10-12-4-6-16(21-2)14(18)8-12)11-13-5-7-17(22-3)15(19)9-13/h4-9H,10-11H2,1-3H3. The quantitative estimate of drug-likeness (QED) is 0.762. The molecule has 2 aromatic carbocycles. The summed E-state index contributed by atoms with van der Waals surface area (Å²) in [5.74, 6) is 0.745. The fourth-order valence-electron chi connectivity index (χ4n) is 2.30. The molecule has 0 amide bonds. The van der Waals surface area contributed by atoms with Crippen LogP contribution in [0.2, 0.25) is 0 Å². The third-order valence-corrected chi connectivity index (χ3v) is 3.96. The van der Waals surface area contributed by atoms with E-state index in [0.29, 0.717) is 6.54 Å². The molecule has 0 spiro atoms. The van der Waals surface area contributed by atoms with Crippen molar-refractivity contribution in [2.45, 2.75) is 13.1 Å². The summed E-state index contributed by atoms with van der Waals surface area (Å²) in [6.07, 6.45) is 0. The number of methoxy groups -OCH3 is 2. The van der Waals surface area contributed by atoms with E-state index in [2.05, 4.69) is 20.8 Å². The average molecular weight is 368 g/mol. The van der Waals surface area contributed by atoms with Crippen molar-refractivity contribution in [3.8, 4) is 11.5 Å². The van der Waals surface area contributed by atoms with Gasteiger partial charge in [0, 0.05) is 13.1 Å². The van der Waals surface area contributed by atoms with E-state index < -0.39 is 0 Å². The Bertz CT molecular complexity index is 593. The average Bonchev–Trinajstić information content (AvgIpc) is 2.47. The molecule has 5 heteroatoms. The number of ether oxygens (including phenoxy) is 2. The summed E-state index contributed by atoms with van der Waals surface area (Å²) in [4.78, 5) is 2.12. The summed E-state index contributed by atoms with van der Waals surface area (Å²) in [5.41, 5.74) is 2.07. The Kier molecular flexibility index (Phi) is 5.80. The molecular weight excluding hydrogens is 349 g/mol. The van der Waals surface area contributed by atoms with E-state index in [4.69, 9.17) is 9.47 Å². The first-order valence-electron chi connectivity index (χ1n) is 6.87. The molecule has 0 aliphatic rings. The van der Waals surface area contributed by atoms with E-state index in [1.807, 2.05) is 31.3 Å². The van der Waals surface area contributed by atoms with Gasteiger partial charge in [-0.25, -0.2) is 4.39 Å². The van der Waals surface area contributed by atoms with Gasteiger partial charge in [-0.15, -0.1) is 0 Å². The van der Waals surface area contributed by atoms with Gasteiger partial charge in [0.05, 0.1) is 18.7 Å². The molecule has 0 N–H and O–H groups in total. The highest BCUT2D eigenvalue weighted by molar-refractivity contribution is 9.10.